The van der Waals surface area contributed by atoms with Crippen molar-refractivity contribution in [2.45, 2.75) is 38.6 Å². The maximum atomic E-state index is 12.2. The van der Waals surface area contributed by atoms with Crippen LogP contribution in [0.5, 0.6) is 0 Å². The van der Waals surface area contributed by atoms with Gasteiger partial charge < -0.3 is 16.4 Å². The lowest BCUT2D eigenvalue weighted by Gasteiger charge is -2.27. The van der Waals surface area contributed by atoms with Crippen LogP contribution in [-0.4, -0.2) is 17.9 Å². The summed E-state index contributed by atoms with van der Waals surface area (Å²) in [4.78, 5) is 23.3. The van der Waals surface area contributed by atoms with Crippen LogP contribution in [0, 0.1) is 5.92 Å². The maximum Gasteiger partial charge on any atom is 0.229 e. The van der Waals surface area contributed by atoms with Crippen molar-refractivity contribution >= 4 is 34.8 Å². The molecule has 2 rings (SSSR count). The second kappa shape index (κ2) is 6.91. The van der Waals surface area contributed by atoms with Crippen molar-refractivity contribution in [2.75, 3.05) is 10.6 Å². The quantitative estimate of drug-likeness (QED) is 0.802. The first-order chi connectivity index (χ1) is 9.97. The molecule has 0 bridgehead atoms. The van der Waals surface area contributed by atoms with Gasteiger partial charge in [-0.15, -0.1) is 0 Å². The molecule has 0 radical (unpaired) electrons. The van der Waals surface area contributed by atoms with Crippen molar-refractivity contribution in [3.63, 3.8) is 0 Å². The van der Waals surface area contributed by atoms with Crippen LogP contribution in [0.25, 0.3) is 0 Å². The first-order valence-corrected chi connectivity index (χ1v) is 7.49. The fourth-order valence-corrected chi connectivity index (χ4v) is 2.83. The summed E-state index contributed by atoms with van der Waals surface area (Å²) in [5.41, 5.74) is 7.14. The van der Waals surface area contributed by atoms with Crippen LogP contribution in [0.2, 0.25) is 5.02 Å². The SMILES string of the molecule is CC(=O)Nc1ccc(NC(=O)C2CCCCC2N)cc1Cl. The van der Waals surface area contributed by atoms with Gasteiger partial charge in [-0.2, -0.15) is 0 Å². The Labute approximate surface area is 129 Å². The molecule has 5 nitrogen and oxygen atoms in total. The molecule has 2 amide bonds. The van der Waals surface area contributed by atoms with Gasteiger partial charge in [0.25, 0.3) is 0 Å². The molecule has 21 heavy (non-hydrogen) atoms. The molecule has 0 aromatic heterocycles. The van der Waals surface area contributed by atoms with Crippen molar-refractivity contribution in [3.8, 4) is 0 Å². The van der Waals surface area contributed by atoms with Crippen LogP contribution in [-0.2, 0) is 9.59 Å². The van der Waals surface area contributed by atoms with Gasteiger partial charge in [0.15, 0.2) is 0 Å². The summed E-state index contributed by atoms with van der Waals surface area (Å²) in [7, 11) is 0. The second-order valence-electron chi connectivity index (χ2n) is 5.42. The van der Waals surface area contributed by atoms with Gasteiger partial charge >= 0.3 is 0 Å². The number of nitrogens with one attached hydrogen (secondary N) is 2. The minimum Gasteiger partial charge on any atom is -0.327 e. The van der Waals surface area contributed by atoms with Crippen molar-refractivity contribution in [1.82, 2.24) is 0 Å². The normalized spacial score (nSPS) is 21.7. The van der Waals surface area contributed by atoms with Crippen LogP contribution < -0.4 is 16.4 Å². The molecule has 0 spiro atoms. The lowest BCUT2D eigenvalue weighted by atomic mass is 9.84. The number of rotatable bonds is 3. The van der Waals surface area contributed by atoms with Crippen molar-refractivity contribution in [1.29, 1.82) is 0 Å². The molecule has 114 valence electrons. The minimum absolute atomic E-state index is 0.0643. The number of benzene rings is 1. The van der Waals surface area contributed by atoms with E-state index in [1.165, 1.54) is 6.92 Å². The molecule has 6 heteroatoms. The van der Waals surface area contributed by atoms with Gasteiger partial charge in [0.1, 0.15) is 0 Å². The van der Waals surface area contributed by atoms with Crippen LogP contribution in [0.3, 0.4) is 0 Å². The van der Waals surface area contributed by atoms with Crippen molar-refractivity contribution < 1.29 is 9.59 Å². The van der Waals surface area contributed by atoms with E-state index in [0.29, 0.717) is 16.4 Å². The highest BCUT2D eigenvalue weighted by Gasteiger charge is 2.28. The monoisotopic (exact) mass is 309 g/mol. The summed E-state index contributed by atoms with van der Waals surface area (Å²) in [6.45, 7) is 1.41. The number of halogens is 1. The van der Waals surface area contributed by atoms with Gasteiger partial charge in [-0.3, -0.25) is 9.59 Å². The summed E-state index contributed by atoms with van der Waals surface area (Å²) in [5, 5.41) is 5.85. The lowest BCUT2D eigenvalue weighted by Crippen LogP contribution is -2.40. The Hall–Kier alpha value is -1.59. The summed E-state index contributed by atoms with van der Waals surface area (Å²) in [6, 6.07) is 4.93. The number of hydrogen-bond acceptors (Lipinski definition) is 3. The average Bonchev–Trinajstić information content (AvgIpc) is 2.42. The molecule has 1 saturated carbocycles. The molecule has 4 N–H and O–H groups in total. The zero-order valence-corrected chi connectivity index (χ0v) is 12.7. The van der Waals surface area contributed by atoms with Gasteiger partial charge in [-0.25, -0.2) is 0 Å². The Bertz CT molecular complexity index is 548. The van der Waals surface area contributed by atoms with Crippen LogP contribution in [0.1, 0.15) is 32.6 Å². The van der Waals surface area contributed by atoms with Gasteiger partial charge in [-0.1, -0.05) is 24.4 Å². The van der Waals surface area contributed by atoms with E-state index in [0.717, 1.165) is 25.7 Å². The molecule has 0 heterocycles. The molecule has 1 aromatic rings. The summed E-state index contributed by atoms with van der Waals surface area (Å²) in [6.07, 6.45) is 3.83. The lowest BCUT2D eigenvalue weighted by molar-refractivity contribution is -0.121. The van der Waals surface area contributed by atoms with E-state index < -0.39 is 0 Å². The van der Waals surface area contributed by atoms with E-state index in [9.17, 15) is 9.59 Å². The summed E-state index contributed by atoms with van der Waals surface area (Å²) < 4.78 is 0. The number of carbonyl (C=O) groups is 2. The van der Waals surface area contributed by atoms with E-state index in [-0.39, 0.29) is 23.8 Å². The van der Waals surface area contributed by atoms with Crippen LogP contribution in [0.15, 0.2) is 18.2 Å². The predicted octanol–water partition coefficient (Wildman–Crippen LogP) is 2.75. The number of anilines is 2. The molecule has 1 aliphatic rings. The summed E-state index contributed by atoms with van der Waals surface area (Å²) >= 11 is 6.08. The Balaban J connectivity index is 2.04. The molecule has 1 aromatic carbocycles. The molecule has 1 aliphatic carbocycles. The third kappa shape index (κ3) is 4.19. The number of hydrogen-bond donors (Lipinski definition) is 3. The van der Waals surface area contributed by atoms with E-state index in [1.54, 1.807) is 18.2 Å². The van der Waals surface area contributed by atoms with E-state index in [4.69, 9.17) is 17.3 Å². The molecular weight excluding hydrogens is 290 g/mol. The average molecular weight is 310 g/mol. The predicted molar refractivity (Wildman–Crippen MR) is 84.3 cm³/mol. The fraction of sp³-hybridized carbons (Fsp3) is 0.467. The highest BCUT2D eigenvalue weighted by atomic mass is 35.5. The zero-order chi connectivity index (χ0) is 15.4. The Morgan fingerprint density at radius 2 is 1.95 bits per heavy atom. The molecule has 1 fully saturated rings. The largest absolute Gasteiger partial charge is 0.327 e. The van der Waals surface area contributed by atoms with Crippen LogP contribution in [0.4, 0.5) is 11.4 Å². The molecular formula is C15H20ClN3O2. The molecule has 2 unspecified atom stereocenters. The van der Waals surface area contributed by atoms with E-state index >= 15 is 0 Å². The van der Waals surface area contributed by atoms with E-state index in [1.807, 2.05) is 0 Å². The van der Waals surface area contributed by atoms with E-state index in [2.05, 4.69) is 10.6 Å². The number of nitrogens with two attached hydrogens (primary N) is 1. The highest BCUT2D eigenvalue weighted by Crippen LogP contribution is 2.28. The van der Waals surface area contributed by atoms with Crippen molar-refractivity contribution in [2.24, 2.45) is 11.7 Å². The molecule has 0 aliphatic heterocycles. The Morgan fingerprint density at radius 1 is 1.24 bits per heavy atom. The van der Waals surface area contributed by atoms with Crippen molar-refractivity contribution in [3.05, 3.63) is 23.2 Å². The topological polar surface area (TPSA) is 84.2 Å². The van der Waals surface area contributed by atoms with Gasteiger partial charge in [0.05, 0.1) is 16.6 Å². The van der Waals surface area contributed by atoms with Gasteiger partial charge in [-0.05, 0) is 31.0 Å². The zero-order valence-electron chi connectivity index (χ0n) is 12.0. The highest BCUT2D eigenvalue weighted by molar-refractivity contribution is 6.34. The maximum absolute atomic E-state index is 12.2. The van der Waals surface area contributed by atoms with Gasteiger partial charge in [0, 0.05) is 18.7 Å². The smallest absolute Gasteiger partial charge is 0.229 e. The standard InChI is InChI=1S/C15H20ClN3O2/c1-9(20)18-14-7-6-10(8-12(14)16)19-15(21)11-4-2-3-5-13(11)17/h6-8,11,13H,2-5,17H2,1H3,(H,18,20)(H,19,21). The third-order valence-corrected chi connectivity index (χ3v) is 4.02. The Morgan fingerprint density at radius 3 is 2.57 bits per heavy atom. The first-order valence-electron chi connectivity index (χ1n) is 7.11. The number of amides is 2. The Kier molecular flexibility index (Phi) is 5.20. The number of carbonyl (C=O) groups excluding carboxylic acids is 2. The fourth-order valence-electron chi connectivity index (χ4n) is 2.60. The minimum atomic E-state index is -0.193. The van der Waals surface area contributed by atoms with Gasteiger partial charge in [0.2, 0.25) is 11.8 Å². The molecule has 2 atom stereocenters. The van der Waals surface area contributed by atoms with Crippen LogP contribution >= 0.6 is 11.6 Å². The molecule has 0 saturated heterocycles. The third-order valence-electron chi connectivity index (χ3n) is 3.70. The first kappa shape index (κ1) is 15.8. The second-order valence-corrected chi connectivity index (χ2v) is 5.83. The summed E-state index contributed by atoms with van der Waals surface area (Å²) in [5.74, 6) is -0.403.